The predicted octanol–water partition coefficient (Wildman–Crippen LogP) is 3.49. The van der Waals surface area contributed by atoms with Gasteiger partial charge in [-0.15, -0.1) is 0 Å². The number of unbranched alkanes of at least 4 members (excludes halogenated alkanes) is 1. The lowest BCUT2D eigenvalue weighted by molar-refractivity contribution is 0.897. The molecule has 0 aliphatic heterocycles. The van der Waals surface area contributed by atoms with Gasteiger partial charge in [-0.25, -0.2) is 0 Å². The molecular weight excluding hydrogens is 168 g/mol. The van der Waals surface area contributed by atoms with Gasteiger partial charge in [0.05, 0.1) is 0 Å². The summed E-state index contributed by atoms with van der Waals surface area (Å²) < 4.78 is 0. The van der Waals surface area contributed by atoms with E-state index in [1.165, 1.54) is 23.7 Å². The van der Waals surface area contributed by atoms with Crippen molar-refractivity contribution in [3.8, 4) is 0 Å². The fourth-order valence-corrected chi connectivity index (χ4v) is 3.49. The fourth-order valence-electron chi connectivity index (χ4n) is 0.387. The van der Waals surface area contributed by atoms with E-state index in [0.717, 1.165) is 0 Å². The molecule has 0 saturated heterocycles. The van der Waals surface area contributed by atoms with Gasteiger partial charge in [-0.3, -0.25) is 0 Å². The number of hydrogen-bond acceptors (Lipinski definition) is 3. The van der Waals surface area contributed by atoms with E-state index in [-0.39, 0.29) is 0 Å². The Bertz CT molecular complexity index is 41.6. The van der Waals surface area contributed by atoms with Crippen molar-refractivity contribution in [2.24, 2.45) is 0 Å². The van der Waals surface area contributed by atoms with Crippen LogP contribution < -0.4 is 0 Å². The Labute approximate surface area is 70.3 Å². The molecule has 0 aromatic rings. The van der Waals surface area contributed by atoms with Gasteiger partial charge >= 0.3 is 0 Å². The third-order valence-electron chi connectivity index (χ3n) is 0.892. The average molecular weight is 182 g/mol. The molecule has 0 saturated carbocycles. The minimum Gasteiger partial charge on any atom is -0.150 e. The summed E-state index contributed by atoms with van der Waals surface area (Å²) in [5, 5.41) is 1.25. The summed E-state index contributed by atoms with van der Waals surface area (Å²) in [5.74, 6) is 1.34. The Morgan fingerprint density at radius 3 is 2.67 bits per heavy atom. The molecule has 0 aromatic carbocycles. The second-order valence-electron chi connectivity index (χ2n) is 1.66. The van der Waals surface area contributed by atoms with Crippen LogP contribution >= 0.6 is 33.3 Å². The largest absolute Gasteiger partial charge is 0.150 e. The third-order valence-corrected chi connectivity index (χ3v) is 4.33. The molecule has 0 unspecified atom stereocenters. The summed E-state index contributed by atoms with van der Waals surface area (Å²) in [6.07, 6.45) is 4.83. The molecule has 0 radical (unpaired) electrons. The van der Waals surface area contributed by atoms with Crippen molar-refractivity contribution in [1.82, 2.24) is 0 Å². The molecule has 0 aliphatic carbocycles. The first kappa shape index (κ1) is 10.0. The molecule has 0 aliphatic rings. The quantitative estimate of drug-likeness (QED) is 0.351. The first-order chi connectivity index (χ1) is 4.41. The Morgan fingerprint density at radius 2 is 2.11 bits per heavy atom. The SMILES string of the molecule is CCCCSCSSC. The third kappa shape index (κ3) is 9.05. The van der Waals surface area contributed by atoms with Crippen LogP contribution in [0.2, 0.25) is 0 Å². The van der Waals surface area contributed by atoms with Crippen LogP contribution in [0.15, 0.2) is 0 Å². The molecule has 0 bridgehead atoms. The fraction of sp³-hybridized carbons (Fsp3) is 1.00. The van der Waals surface area contributed by atoms with Crippen LogP contribution in [0.3, 0.4) is 0 Å². The highest BCUT2D eigenvalue weighted by Gasteiger charge is 1.86. The molecule has 0 atom stereocenters. The molecule has 9 heavy (non-hydrogen) atoms. The minimum atomic E-state index is 1.25. The highest BCUT2D eigenvalue weighted by atomic mass is 33.1. The van der Waals surface area contributed by atoms with Crippen LogP contribution in [0.25, 0.3) is 0 Å². The molecule has 0 N–H and O–H groups in total. The molecule has 0 heterocycles. The molecule has 0 spiro atoms. The van der Waals surface area contributed by atoms with Crippen LogP contribution in [-0.2, 0) is 0 Å². The Hall–Kier alpha value is 1.05. The first-order valence-corrected chi connectivity index (χ1v) is 7.03. The van der Waals surface area contributed by atoms with E-state index in [0.29, 0.717) is 0 Å². The summed E-state index contributed by atoms with van der Waals surface area (Å²) >= 11 is 2.04. The van der Waals surface area contributed by atoms with Crippen molar-refractivity contribution in [2.45, 2.75) is 19.8 Å². The second kappa shape index (κ2) is 9.05. The van der Waals surface area contributed by atoms with E-state index in [4.69, 9.17) is 0 Å². The highest BCUT2D eigenvalue weighted by Crippen LogP contribution is 2.22. The highest BCUT2D eigenvalue weighted by molar-refractivity contribution is 8.77. The molecule has 0 rings (SSSR count). The van der Waals surface area contributed by atoms with Crippen LogP contribution in [0.5, 0.6) is 0 Å². The molecule has 0 nitrogen and oxygen atoms in total. The predicted molar refractivity (Wildman–Crippen MR) is 53.3 cm³/mol. The molecule has 0 fully saturated rings. The van der Waals surface area contributed by atoms with Gasteiger partial charge in [0.15, 0.2) is 0 Å². The first-order valence-electron chi connectivity index (χ1n) is 3.15. The maximum absolute atomic E-state index is 2.24. The lowest BCUT2D eigenvalue weighted by Crippen LogP contribution is -1.76. The Kier molecular flexibility index (Phi) is 10.1. The van der Waals surface area contributed by atoms with E-state index in [1.807, 2.05) is 33.3 Å². The second-order valence-corrected chi connectivity index (χ2v) is 5.70. The van der Waals surface area contributed by atoms with E-state index < -0.39 is 0 Å². The molecule has 56 valence electrons. The zero-order valence-electron chi connectivity index (χ0n) is 6.05. The average Bonchev–Trinajstić information content (AvgIpc) is 1.89. The van der Waals surface area contributed by atoms with Gasteiger partial charge in [-0.1, -0.05) is 34.9 Å². The van der Waals surface area contributed by atoms with Gasteiger partial charge in [-0.05, 0) is 18.4 Å². The van der Waals surface area contributed by atoms with Gasteiger partial charge < -0.3 is 0 Å². The summed E-state index contributed by atoms with van der Waals surface area (Å²) in [6, 6.07) is 0. The minimum absolute atomic E-state index is 1.25. The van der Waals surface area contributed by atoms with Crippen molar-refractivity contribution < 1.29 is 0 Å². The lowest BCUT2D eigenvalue weighted by atomic mass is 10.4. The van der Waals surface area contributed by atoms with Gasteiger partial charge in [-0.2, -0.15) is 11.8 Å². The van der Waals surface area contributed by atoms with E-state index in [1.54, 1.807) is 0 Å². The smallest absolute Gasteiger partial charge is 0.0495 e. The topological polar surface area (TPSA) is 0 Å². The number of thioether (sulfide) groups is 1. The van der Waals surface area contributed by atoms with Crippen LogP contribution in [-0.4, -0.2) is 17.1 Å². The van der Waals surface area contributed by atoms with Gasteiger partial charge in [0.1, 0.15) is 0 Å². The Morgan fingerprint density at radius 1 is 1.33 bits per heavy atom. The Balaban J connectivity index is 2.60. The molecule has 0 amide bonds. The zero-order valence-corrected chi connectivity index (χ0v) is 8.50. The molecular formula is C6H14S3. The monoisotopic (exact) mass is 182 g/mol. The van der Waals surface area contributed by atoms with Gasteiger partial charge in [0.2, 0.25) is 0 Å². The summed E-state index contributed by atoms with van der Waals surface area (Å²) in [4.78, 5) is 0. The van der Waals surface area contributed by atoms with Gasteiger partial charge in [0, 0.05) is 5.08 Å². The zero-order chi connectivity index (χ0) is 6.95. The molecule has 0 aromatic heterocycles. The summed E-state index contributed by atoms with van der Waals surface area (Å²) in [5.41, 5.74) is 0. The van der Waals surface area contributed by atoms with Crippen molar-refractivity contribution in [2.75, 3.05) is 17.1 Å². The van der Waals surface area contributed by atoms with E-state index in [2.05, 4.69) is 13.2 Å². The van der Waals surface area contributed by atoms with Crippen molar-refractivity contribution in [3.05, 3.63) is 0 Å². The van der Waals surface area contributed by atoms with Gasteiger partial charge in [0.25, 0.3) is 0 Å². The lowest BCUT2D eigenvalue weighted by Gasteiger charge is -1.95. The summed E-state index contributed by atoms with van der Waals surface area (Å²) in [6.45, 7) is 2.24. The normalized spacial score (nSPS) is 10.0. The van der Waals surface area contributed by atoms with Crippen LogP contribution in [0.1, 0.15) is 19.8 Å². The maximum Gasteiger partial charge on any atom is 0.0495 e. The number of hydrogen-bond donors (Lipinski definition) is 0. The van der Waals surface area contributed by atoms with Crippen molar-refractivity contribution in [3.63, 3.8) is 0 Å². The van der Waals surface area contributed by atoms with Crippen LogP contribution in [0, 0.1) is 0 Å². The molecule has 3 heteroatoms. The maximum atomic E-state index is 2.24. The van der Waals surface area contributed by atoms with E-state index >= 15 is 0 Å². The van der Waals surface area contributed by atoms with Crippen molar-refractivity contribution >= 4 is 33.3 Å². The number of rotatable bonds is 6. The standard InChI is InChI=1S/C6H14S3/c1-3-4-5-8-6-9-7-2/h3-6H2,1-2H3. The van der Waals surface area contributed by atoms with E-state index in [9.17, 15) is 0 Å². The van der Waals surface area contributed by atoms with Crippen LogP contribution in [0.4, 0.5) is 0 Å². The summed E-state index contributed by atoms with van der Waals surface area (Å²) in [7, 11) is 3.79. The van der Waals surface area contributed by atoms with Crippen molar-refractivity contribution in [1.29, 1.82) is 0 Å².